The van der Waals surface area contributed by atoms with Gasteiger partial charge in [0, 0.05) is 49.7 Å². The minimum Gasteiger partial charge on any atom is -0.357 e. The molecule has 2 aromatic carbocycles. The van der Waals surface area contributed by atoms with Gasteiger partial charge in [0.15, 0.2) is 0 Å². The molecule has 0 saturated carbocycles. The predicted molar refractivity (Wildman–Crippen MR) is 204 cm³/mol. The lowest BCUT2D eigenvalue weighted by atomic mass is 9.95. The second kappa shape index (κ2) is 15.4. The molecule has 8 rings (SSSR count). The lowest BCUT2D eigenvalue weighted by Crippen LogP contribution is -2.54. The summed E-state index contributed by atoms with van der Waals surface area (Å²) in [4.78, 5) is 88.7. The molecule has 4 aliphatic heterocycles. The fraction of sp³-hybridized carbons (Fsp3) is 0.429. The number of carbonyl (C=O) groups is 4. The summed E-state index contributed by atoms with van der Waals surface area (Å²) in [6.07, 6.45) is -7.92. The molecule has 2 spiro atoms. The Kier molecular flexibility index (Phi) is 10.6. The molecule has 4 saturated heterocycles. The quantitative estimate of drug-likeness (QED) is 0.157. The fourth-order valence-corrected chi connectivity index (χ4v) is 8.97. The Morgan fingerprint density at radius 1 is 0.597 bits per heavy atom. The number of amides is 2. The van der Waals surface area contributed by atoms with Gasteiger partial charge in [-0.1, -0.05) is 24.3 Å². The van der Waals surface area contributed by atoms with E-state index in [9.17, 15) is 45.5 Å². The lowest BCUT2D eigenvalue weighted by molar-refractivity contribution is -0.247. The molecule has 0 aliphatic carbocycles. The summed E-state index contributed by atoms with van der Waals surface area (Å²) in [7, 11) is 3.17. The molecule has 62 heavy (non-hydrogen) atoms. The van der Waals surface area contributed by atoms with E-state index in [0.29, 0.717) is 35.6 Å². The molecule has 0 N–H and O–H groups in total. The van der Waals surface area contributed by atoms with E-state index in [4.69, 9.17) is 9.68 Å². The first-order valence-electron chi connectivity index (χ1n) is 19.8. The topological polar surface area (TPSA) is 151 Å². The zero-order chi connectivity index (χ0) is 44.5. The Balaban J connectivity index is 1.10. The second-order valence-corrected chi connectivity index (χ2v) is 16.2. The van der Waals surface area contributed by atoms with Gasteiger partial charge in [-0.3, -0.25) is 9.59 Å². The van der Waals surface area contributed by atoms with Crippen LogP contribution in [0.5, 0.6) is 0 Å². The van der Waals surface area contributed by atoms with Crippen molar-refractivity contribution in [2.24, 2.45) is 0 Å². The van der Waals surface area contributed by atoms with Crippen molar-refractivity contribution in [3.63, 3.8) is 0 Å². The van der Waals surface area contributed by atoms with Crippen LogP contribution in [0.15, 0.2) is 60.7 Å². The van der Waals surface area contributed by atoms with Crippen molar-refractivity contribution in [1.82, 2.24) is 39.9 Å². The van der Waals surface area contributed by atoms with E-state index >= 15 is 0 Å². The van der Waals surface area contributed by atoms with Crippen molar-refractivity contribution in [1.29, 1.82) is 0 Å². The first-order valence-corrected chi connectivity index (χ1v) is 19.8. The van der Waals surface area contributed by atoms with E-state index in [2.05, 4.69) is 19.9 Å². The Bertz CT molecular complexity index is 2280. The van der Waals surface area contributed by atoms with Crippen molar-refractivity contribution >= 4 is 23.8 Å². The fourth-order valence-electron chi connectivity index (χ4n) is 8.97. The van der Waals surface area contributed by atoms with Crippen LogP contribution in [0, 0.1) is 13.8 Å². The first kappa shape index (κ1) is 42.7. The van der Waals surface area contributed by atoms with Gasteiger partial charge in [-0.25, -0.2) is 29.5 Å². The number of carbonyl (C=O) groups excluding carboxylic acids is 4. The largest absolute Gasteiger partial charge is 0.438 e. The maximum atomic E-state index is 14.0. The third kappa shape index (κ3) is 7.52. The summed E-state index contributed by atoms with van der Waals surface area (Å²) >= 11 is 0. The number of hydroxylamine groups is 4. The summed E-state index contributed by atoms with van der Waals surface area (Å²) in [6.45, 7) is 3.91. The number of alkyl halides is 6. The van der Waals surface area contributed by atoms with Crippen molar-refractivity contribution in [3.05, 3.63) is 94.8 Å². The average molecular weight is 867 g/mol. The Labute approximate surface area is 350 Å². The molecule has 326 valence electrons. The predicted octanol–water partition coefficient (Wildman–Crippen LogP) is 6.35. The normalized spacial score (nSPS) is 24.5. The lowest BCUT2D eigenvalue weighted by Gasteiger charge is -2.35. The second-order valence-electron chi connectivity index (χ2n) is 16.2. The van der Waals surface area contributed by atoms with Gasteiger partial charge < -0.3 is 19.5 Å². The van der Waals surface area contributed by atoms with Crippen LogP contribution in [-0.4, -0.2) is 102 Å². The van der Waals surface area contributed by atoms with Gasteiger partial charge in [0.05, 0.1) is 22.5 Å². The van der Waals surface area contributed by atoms with Crippen molar-refractivity contribution in [3.8, 4) is 22.5 Å². The van der Waals surface area contributed by atoms with Gasteiger partial charge in [0.1, 0.15) is 34.8 Å². The highest BCUT2D eigenvalue weighted by Gasteiger charge is 2.61. The number of likely N-dealkylation sites (N-methyl/N-ethyl adjacent to an activating group) is 2. The van der Waals surface area contributed by atoms with Crippen molar-refractivity contribution in [2.45, 2.75) is 87.9 Å². The van der Waals surface area contributed by atoms with Crippen LogP contribution in [0.1, 0.15) is 84.8 Å². The number of aryl methyl sites for hydroxylation is 2. The molecule has 4 aromatic rings. The highest BCUT2D eigenvalue weighted by Crippen LogP contribution is 2.49. The SMILES string of the molecule is Cc1cc(-c2ccc(C(F)(F)F)cc2)nc([C@H]2CC[C@@]3(CCN(C)C3=O)N2OC(=O)C(=O)ON2[C@@H](c3nc(C)cc(-c4ccc(C(F)(F)F)cc4)n3)CC[C@@]23CCN(C)C3=O)n1. The summed E-state index contributed by atoms with van der Waals surface area (Å²) in [5, 5.41) is 2.25. The number of benzene rings is 2. The molecule has 6 heterocycles. The van der Waals surface area contributed by atoms with Crippen LogP contribution in [0.4, 0.5) is 26.3 Å². The van der Waals surface area contributed by atoms with E-state index in [1.54, 1.807) is 40.1 Å². The van der Waals surface area contributed by atoms with Crippen molar-refractivity contribution < 1.29 is 55.2 Å². The molecule has 2 aromatic heterocycles. The highest BCUT2D eigenvalue weighted by atomic mass is 19.4. The minimum atomic E-state index is -4.55. The van der Waals surface area contributed by atoms with Crippen LogP contribution in [0.2, 0.25) is 0 Å². The van der Waals surface area contributed by atoms with Gasteiger partial charge in [-0.2, -0.15) is 26.3 Å². The molecule has 0 bridgehead atoms. The highest BCUT2D eigenvalue weighted by molar-refractivity contribution is 6.29. The van der Waals surface area contributed by atoms with E-state index in [1.165, 1.54) is 34.1 Å². The summed E-state index contributed by atoms with van der Waals surface area (Å²) in [5.74, 6) is -3.61. The number of nitrogens with zero attached hydrogens (tertiary/aromatic N) is 8. The third-order valence-electron chi connectivity index (χ3n) is 12.2. The molecular weight excluding hydrogens is 826 g/mol. The smallest absolute Gasteiger partial charge is 0.357 e. The molecule has 2 amide bonds. The minimum absolute atomic E-state index is 0.0962. The number of hydrogen-bond acceptors (Lipinski definition) is 12. The number of aromatic nitrogens is 4. The van der Waals surface area contributed by atoms with Gasteiger partial charge in [-0.05, 0) is 88.8 Å². The maximum Gasteiger partial charge on any atom is 0.438 e. The van der Waals surface area contributed by atoms with Gasteiger partial charge in [-0.15, -0.1) is 10.1 Å². The van der Waals surface area contributed by atoms with Gasteiger partial charge in [0.2, 0.25) is 11.8 Å². The molecule has 14 nitrogen and oxygen atoms in total. The molecular formula is C42H40F6N8O6. The van der Waals surface area contributed by atoms with Crippen molar-refractivity contribution in [2.75, 3.05) is 27.2 Å². The molecule has 0 radical (unpaired) electrons. The zero-order valence-corrected chi connectivity index (χ0v) is 33.9. The Morgan fingerprint density at radius 3 is 1.26 bits per heavy atom. The van der Waals surface area contributed by atoms with Crippen LogP contribution in [-0.2, 0) is 41.2 Å². The van der Waals surface area contributed by atoms with Gasteiger partial charge >= 0.3 is 24.3 Å². The molecule has 0 unspecified atom stereocenters. The summed E-state index contributed by atoms with van der Waals surface area (Å²) < 4.78 is 79.9. The average Bonchev–Trinajstić information content (AvgIpc) is 3.95. The summed E-state index contributed by atoms with van der Waals surface area (Å²) in [5.41, 5.74) is -2.39. The van der Waals surface area contributed by atoms with E-state index < -0.39 is 58.6 Å². The van der Waals surface area contributed by atoms with Gasteiger partial charge in [0.25, 0.3) is 0 Å². The molecule has 4 fully saturated rings. The third-order valence-corrected chi connectivity index (χ3v) is 12.2. The molecule has 4 atom stereocenters. The molecule has 20 heteroatoms. The molecule has 4 aliphatic rings. The number of halogens is 6. The number of rotatable bonds is 6. The monoisotopic (exact) mass is 866 g/mol. The zero-order valence-electron chi connectivity index (χ0n) is 33.9. The van der Waals surface area contributed by atoms with Crippen LogP contribution >= 0.6 is 0 Å². The number of likely N-dealkylation sites (tertiary alicyclic amines) is 2. The van der Waals surface area contributed by atoms with Crippen LogP contribution in [0.3, 0.4) is 0 Å². The number of hydrogen-bond donors (Lipinski definition) is 0. The summed E-state index contributed by atoms with van der Waals surface area (Å²) in [6, 6.07) is 10.0. The Morgan fingerprint density at radius 2 is 0.952 bits per heavy atom. The van der Waals surface area contributed by atoms with Crippen LogP contribution < -0.4 is 0 Å². The maximum absolute atomic E-state index is 14.0. The van der Waals surface area contributed by atoms with E-state index in [-0.39, 0.29) is 73.4 Å². The van der Waals surface area contributed by atoms with E-state index in [1.807, 2.05) is 0 Å². The van der Waals surface area contributed by atoms with E-state index in [0.717, 1.165) is 34.4 Å². The van der Waals surface area contributed by atoms with Crippen LogP contribution in [0.25, 0.3) is 22.5 Å². The Hall–Kier alpha value is -6.02. The first-order chi connectivity index (χ1) is 29.2. The standard InChI is InChI=1S/C42H40F6N8O6/c1-23-21-29(25-5-9-27(10-6-25)41(43,44)45)51-33(49-23)31-13-15-39(17-19-53(3)37(39)59)55(31)61-35(57)36(58)62-56-32(14-16-40(56)18-20-54(4)38(40)60)34-50-24(2)22-30(52-34)26-7-11-28(12-8-26)42(46,47)48/h5-12,21-22,31-32H,13-20H2,1-4H3/t31-,32-,39+,40+/m1/s1.